The van der Waals surface area contributed by atoms with Crippen molar-refractivity contribution in [2.24, 2.45) is 34.5 Å². The SMILES string of the molecule is CC1(C)[C@@H]2[C@@H](C(=O)O)N(S(=O)(=O)c3ccc(F)cc3)C[C@@H]21.COC(=O)[C@@H]1[C@@H]2[C@H](CN1S(=O)(=O)c1ccc(F)cc1)C2(C)C. The first-order valence-corrected chi connectivity index (χ1v) is 16.6. The zero-order valence-corrected chi connectivity index (χ0v) is 25.9. The number of halogens is 2. The van der Waals surface area contributed by atoms with Crippen LogP contribution in [0.5, 0.6) is 0 Å². The molecule has 234 valence electrons. The van der Waals surface area contributed by atoms with Crippen LogP contribution in [-0.4, -0.2) is 74.8 Å². The van der Waals surface area contributed by atoms with Gasteiger partial charge in [-0.3, -0.25) is 9.59 Å². The van der Waals surface area contributed by atoms with Crippen molar-refractivity contribution in [3.8, 4) is 0 Å². The Balaban J connectivity index is 0.000000171. The molecule has 0 aromatic heterocycles. The Labute approximate surface area is 249 Å². The van der Waals surface area contributed by atoms with Gasteiger partial charge in [0.1, 0.15) is 23.7 Å². The highest BCUT2D eigenvalue weighted by Crippen LogP contribution is 2.66. The molecule has 1 N–H and O–H groups in total. The molecule has 6 atom stereocenters. The fraction of sp³-hybridized carbons (Fsp3) is 0.517. The molecular weight excluding hydrogens is 606 g/mol. The van der Waals surface area contributed by atoms with Gasteiger partial charge in [-0.15, -0.1) is 0 Å². The number of sulfonamides is 2. The number of methoxy groups -OCH3 is 1. The number of hydrogen-bond donors (Lipinski definition) is 1. The summed E-state index contributed by atoms with van der Waals surface area (Å²) in [5.74, 6) is -2.69. The number of esters is 1. The van der Waals surface area contributed by atoms with Gasteiger partial charge in [0.15, 0.2) is 0 Å². The molecule has 0 spiro atoms. The summed E-state index contributed by atoms with van der Waals surface area (Å²) in [6.07, 6.45) is 0. The number of carboxylic acids is 1. The smallest absolute Gasteiger partial charge is 0.324 e. The van der Waals surface area contributed by atoms with E-state index in [1.165, 1.54) is 35.7 Å². The summed E-state index contributed by atoms with van der Waals surface area (Å²) in [6, 6.07) is 7.23. The number of carbonyl (C=O) groups excluding carboxylic acids is 1. The molecule has 2 saturated heterocycles. The second-order valence-electron chi connectivity index (χ2n) is 12.7. The highest BCUT2D eigenvalue weighted by molar-refractivity contribution is 7.89. The second kappa shape index (κ2) is 10.3. The van der Waals surface area contributed by atoms with Crippen LogP contribution >= 0.6 is 0 Å². The van der Waals surface area contributed by atoms with E-state index in [9.17, 15) is 40.3 Å². The van der Waals surface area contributed by atoms with Crippen molar-refractivity contribution in [2.75, 3.05) is 20.2 Å². The lowest BCUT2D eigenvalue weighted by Crippen LogP contribution is -2.45. The summed E-state index contributed by atoms with van der Waals surface area (Å²) in [4.78, 5) is 23.5. The van der Waals surface area contributed by atoms with Gasteiger partial charge in [0.05, 0.1) is 16.9 Å². The third kappa shape index (κ3) is 5.05. The molecule has 2 aliphatic heterocycles. The number of ether oxygens (including phenoxy) is 1. The van der Waals surface area contributed by atoms with Gasteiger partial charge in [0, 0.05) is 13.1 Å². The van der Waals surface area contributed by atoms with Gasteiger partial charge in [0.25, 0.3) is 0 Å². The Kier molecular flexibility index (Phi) is 7.55. The van der Waals surface area contributed by atoms with Gasteiger partial charge in [0.2, 0.25) is 20.0 Å². The van der Waals surface area contributed by atoms with Crippen molar-refractivity contribution < 1.29 is 45.0 Å². The third-order valence-electron chi connectivity index (χ3n) is 9.87. The van der Waals surface area contributed by atoms with Crippen LogP contribution in [-0.2, 0) is 34.4 Å². The molecule has 0 amide bonds. The van der Waals surface area contributed by atoms with Gasteiger partial charge in [-0.25, -0.2) is 25.6 Å². The number of nitrogens with zero attached hydrogens (tertiary/aromatic N) is 2. The van der Waals surface area contributed by atoms with Crippen LogP contribution in [0, 0.1) is 46.1 Å². The highest BCUT2D eigenvalue weighted by Gasteiger charge is 2.71. The number of benzene rings is 2. The lowest BCUT2D eigenvalue weighted by Gasteiger charge is -2.28. The molecule has 4 aliphatic rings. The molecule has 43 heavy (non-hydrogen) atoms. The van der Waals surface area contributed by atoms with Crippen molar-refractivity contribution in [3.05, 3.63) is 60.2 Å². The van der Waals surface area contributed by atoms with E-state index in [-0.39, 0.29) is 57.4 Å². The Morgan fingerprint density at radius 2 is 1.09 bits per heavy atom. The predicted octanol–water partition coefficient (Wildman–Crippen LogP) is 3.20. The van der Waals surface area contributed by atoms with Crippen LogP contribution in [0.25, 0.3) is 0 Å². The van der Waals surface area contributed by atoms with E-state index in [4.69, 9.17) is 4.74 Å². The summed E-state index contributed by atoms with van der Waals surface area (Å²) in [6.45, 7) is 8.46. The molecule has 6 rings (SSSR count). The van der Waals surface area contributed by atoms with Crippen LogP contribution in [0.4, 0.5) is 8.78 Å². The standard InChI is InChI=1S/C15H18FNO4S.C14H16FNO4S/c1-15(2)11-8-17(13(12(11)15)14(18)21-3)22(19,20)10-6-4-9(16)5-7-10;1-14(2)10-7-16(12(11(10)14)13(17)18)21(19,20)9-5-3-8(15)4-6-9/h4-7,11-13H,8H2,1-3H3;3-6,10-12H,7H2,1-2H3,(H,17,18)/t11-,12-,13-;10-,11-,12-/m00/s1. The zero-order chi connectivity index (χ0) is 31.9. The van der Waals surface area contributed by atoms with Crippen molar-refractivity contribution in [1.82, 2.24) is 8.61 Å². The number of carbonyl (C=O) groups is 2. The normalized spacial score (nSPS) is 30.4. The largest absolute Gasteiger partial charge is 0.480 e. The molecule has 2 heterocycles. The minimum Gasteiger partial charge on any atom is -0.480 e. The van der Waals surface area contributed by atoms with Crippen LogP contribution in [0.3, 0.4) is 0 Å². The van der Waals surface area contributed by atoms with Crippen LogP contribution < -0.4 is 0 Å². The van der Waals surface area contributed by atoms with E-state index in [2.05, 4.69) is 0 Å². The quantitative estimate of drug-likeness (QED) is 0.476. The van der Waals surface area contributed by atoms with Crippen molar-refractivity contribution in [1.29, 1.82) is 0 Å². The molecule has 14 heteroatoms. The minimum absolute atomic E-state index is 0.0121. The van der Waals surface area contributed by atoms with E-state index in [0.29, 0.717) is 0 Å². The Hall–Kier alpha value is -2.94. The summed E-state index contributed by atoms with van der Waals surface area (Å²) < 4.78 is 83.6. The Bertz CT molecular complexity index is 1660. The number of fused-ring (bicyclic) bond motifs is 2. The van der Waals surface area contributed by atoms with Gasteiger partial charge in [-0.1, -0.05) is 27.7 Å². The number of hydrogen-bond acceptors (Lipinski definition) is 7. The first-order chi connectivity index (χ1) is 19.9. The topological polar surface area (TPSA) is 138 Å². The molecule has 0 unspecified atom stereocenters. The van der Waals surface area contributed by atoms with Crippen molar-refractivity contribution in [3.63, 3.8) is 0 Å². The fourth-order valence-corrected chi connectivity index (χ4v) is 10.4. The molecule has 2 aliphatic carbocycles. The average Bonchev–Trinajstić information content (AvgIpc) is 3.43. The molecule has 0 bridgehead atoms. The maximum atomic E-state index is 13.0. The summed E-state index contributed by atoms with van der Waals surface area (Å²) in [5.41, 5.74) is -0.203. The predicted molar refractivity (Wildman–Crippen MR) is 149 cm³/mol. The molecule has 2 aromatic rings. The molecule has 4 fully saturated rings. The lowest BCUT2D eigenvalue weighted by atomic mass is 10.0. The zero-order valence-electron chi connectivity index (χ0n) is 24.3. The van der Waals surface area contributed by atoms with Crippen molar-refractivity contribution in [2.45, 2.75) is 49.6 Å². The highest BCUT2D eigenvalue weighted by atomic mass is 32.2. The van der Waals surface area contributed by atoms with E-state index >= 15 is 0 Å². The Morgan fingerprint density at radius 1 is 0.744 bits per heavy atom. The van der Waals surface area contributed by atoms with Crippen LogP contribution in [0.15, 0.2) is 58.3 Å². The minimum atomic E-state index is -3.92. The van der Waals surface area contributed by atoms with Crippen LogP contribution in [0.1, 0.15) is 27.7 Å². The van der Waals surface area contributed by atoms with Gasteiger partial charge < -0.3 is 9.84 Å². The number of aliphatic carboxylic acids is 1. The maximum absolute atomic E-state index is 13.0. The number of rotatable bonds is 6. The average molecular weight is 641 g/mol. The fourth-order valence-electron chi connectivity index (χ4n) is 7.14. The molecule has 2 aromatic carbocycles. The number of piperidine rings is 2. The monoisotopic (exact) mass is 640 g/mol. The van der Waals surface area contributed by atoms with Gasteiger partial charge in [-0.2, -0.15) is 8.61 Å². The molecule has 2 saturated carbocycles. The Morgan fingerprint density at radius 3 is 1.44 bits per heavy atom. The van der Waals surface area contributed by atoms with E-state index < -0.39 is 55.7 Å². The van der Waals surface area contributed by atoms with Gasteiger partial charge in [-0.05, 0) is 83.0 Å². The van der Waals surface area contributed by atoms with E-state index in [1.54, 1.807) is 0 Å². The van der Waals surface area contributed by atoms with Crippen molar-refractivity contribution >= 4 is 32.0 Å². The molecular formula is C29H34F2N2O8S2. The van der Waals surface area contributed by atoms with Gasteiger partial charge >= 0.3 is 11.9 Å². The summed E-state index contributed by atoms with van der Waals surface area (Å²) >= 11 is 0. The van der Waals surface area contributed by atoms with E-state index in [0.717, 1.165) is 28.6 Å². The number of carboxylic acid groups (broad SMARTS) is 1. The molecule has 0 radical (unpaired) electrons. The first-order valence-electron chi connectivity index (χ1n) is 13.7. The third-order valence-corrected chi connectivity index (χ3v) is 13.6. The second-order valence-corrected chi connectivity index (χ2v) is 16.5. The van der Waals surface area contributed by atoms with Crippen LogP contribution in [0.2, 0.25) is 0 Å². The lowest BCUT2D eigenvalue weighted by molar-refractivity contribution is -0.145. The maximum Gasteiger partial charge on any atom is 0.324 e. The summed E-state index contributed by atoms with van der Waals surface area (Å²) in [7, 11) is -6.51. The summed E-state index contributed by atoms with van der Waals surface area (Å²) in [5, 5.41) is 9.40. The molecule has 10 nitrogen and oxygen atoms in total. The first kappa shape index (κ1) is 31.5. The van der Waals surface area contributed by atoms with E-state index in [1.807, 2.05) is 27.7 Å².